The Kier molecular flexibility index (Phi) is 5.69. The van der Waals surface area contributed by atoms with Crippen LogP contribution < -0.4 is 5.01 Å². The number of rotatable bonds is 4. The summed E-state index contributed by atoms with van der Waals surface area (Å²) in [5.74, 6) is 0. The normalized spacial score (nSPS) is 17.4. The van der Waals surface area contributed by atoms with E-state index in [1.807, 2.05) is 0 Å². The minimum atomic E-state index is -6.03. The fraction of sp³-hybridized carbons (Fsp3) is 0.227. The van der Waals surface area contributed by atoms with E-state index in [0.717, 1.165) is 16.1 Å². The summed E-state index contributed by atoms with van der Waals surface area (Å²) in [4.78, 5) is 0. The average Bonchev–Trinajstić information content (AvgIpc) is 3.42. The lowest BCUT2D eigenvalue weighted by molar-refractivity contribution is -0.338. The summed E-state index contributed by atoms with van der Waals surface area (Å²) in [6.07, 6.45) is -9.93. The Morgan fingerprint density at radius 3 is 2.09 bits per heavy atom. The van der Waals surface area contributed by atoms with Crippen LogP contribution in [0.4, 0.5) is 32.0 Å². The summed E-state index contributed by atoms with van der Waals surface area (Å²) in [7, 11) is 0. The highest BCUT2D eigenvalue weighted by molar-refractivity contribution is 6.33. The number of hydrogen-bond acceptors (Lipinski definition) is 4. The van der Waals surface area contributed by atoms with Crippen molar-refractivity contribution in [1.82, 2.24) is 0 Å². The van der Waals surface area contributed by atoms with E-state index in [-0.39, 0.29) is 10.7 Å². The molecule has 11 heteroatoms. The van der Waals surface area contributed by atoms with Crippen LogP contribution in [0.2, 0.25) is 5.02 Å². The third kappa shape index (κ3) is 3.97. The van der Waals surface area contributed by atoms with Crippen LogP contribution in [0.5, 0.6) is 0 Å². The highest BCUT2D eigenvalue weighted by Gasteiger charge is 2.74. The first kappa shape index (κ1) is 23.2. The molecule has 4 nitrogen and oxygen atoms in total. The molecule has 1 aliphatic rings. The molecule has 2 aromatic carbocycles. The Balaban J connectivity index is 1.80. The molecule has 0 spiro atoms. The van der Waals surface area contributed by atoms with Gasteiger partial charge in [0, 0.05) is 12.0 Å². The van der Waals surface area contributed by atoms with Gasteiger partial charge in [0.25, 0.3) is 5.60 Å². The van der Waals surface area contributed by atoms with Gasteiger partial charge in [-0.1, -0.05) is 48.0 Å². The number of nitrogens with zero attached hydrogens (tertiary/aromatic N) is 2. The molecule has 2 heterocycles. The molecule has 1 unspecified atom stereocenters. The Bertz CT molecular complexity index is 1140. The number of aliphatic hydroxyl groups is 1. The van der Waals surface area contributed by atoms with Crippen LogP contribution in [0.15, 0.2) is 76.6 Å². The molecule has 33 heavy (non-hydrogen) atoms. The summed E-state index contributed by atoms with van der Waals surface area (Å²) in [5.41, 5.74) is -4.61. The molecular formula is C22H15ClF6N2O2. The zero-order chi connectivity index (χ0) is 24.0. The van der Waals surface area contributed by atoms with Crippen LogP contribution in [0.25, 0.3) is 11.1 Å². The molecule has 1 N–H and O–H groups in total. The van der Waals surface area contributed by atoms with E-state index in [0.29, 0.717) is 5.56 Å². The van der Waals surface area contributed by atoms with Crippen LogP contribution >= 0.6 is 11.6 Å². The van der Waals surface area contributed by atoms with Crippen LogP contribution in [-0.2, 0) is 0 Å². The van der Waals surface area contributed by atoms with E-state index in [2.05, 4.69) is 5.10 Å². The first-order valence-corrected chi connectivity index (χ1v) is 9.91. The van der Waals surface area contributed by atoms with Crippen LogP contribution in [0, 0.1) is 0 Å². The minimum absolute atomic E-state index is 0.0741. The second-order valence-corrected chi connectivity index (χ2v) is 7.81. The predicted molar refractivity (Wildman–Crippen MR) is 110 cm³/mol. The van der Waals surface area contributed by atoms with Gasteiger partial charge in [-0.15, -0.1) is 0 Å². The smallest absolute Gasteiger partial charge is 0.431 e. The van der Waals surface area contributed by atoms with Gasteiger partial charge < -0.3 is 9.52 Å². The van der Waals surface area contributed by atoms with Gasteiger partial charge in [0.2, 0.25) is 0 Å². The van der Waals surface area contributed by atoms with Crippen molar-refractivity contribution < 1.29 is 35.9 Å². The van der Waals surface area contributed by atoms with E-state index in [4.69, 9.17) is 16.0 Å². The third-order valence-electron chi connectivity index (χ3n) is 5.40. The molecule has 0 aliphatic carbocycles. The summed E-state index contributed by atoms with van der Waals surface area (Å²) in [6, 6.07) is 13.0. The monoisotopic (exact) mass is 488 g/mol. The van der Waals surface area contributed by atoms with Crippen LogP contribution in [-0.4, -0.2) is 28.8 Å². The van der Waals surface area contributed by atoms with Crippen molar-refractivity contribution >= 4 is 23.0 Å². The Morgan fingerprint density at radius 1 is 0.909 bits per heavy atom. The molecule has 174 valence electrons. The molecule has 1 atom stereocenters. The number of para-hydroxylation sites is 1. The summed E-state index contributed by atoms with van der Waals surface area (Å²) < 4.78 is 86.0. The standard InChI is InChI=1S/C22H15ClF6N2O2/c23-16-3-1-2-4-17(16)31-18(14-7-5-13(6-8-14)15-9-10-33-12-15)11-19(30-31)20(32,21(24,25)26)22(27,28)29/h1-10,12,18,32H,11H2. The maximum absolute atomic E-state index is 13.5. The fourth-order valence-electron chi connectivity index (χ4n) is 3.66. The molecule has 0 bridgehead atoms. The van der Waals surface area contributed by atoms with E-state index in [1.54, 1.807) is 36.4 Å². The molecule has 0 saturated carbocycles. The quantitative estimate of drug-likeness (QED) is 0.413. The fourth-order valence-corrected chi connectivity index (χ4v) is 3.89. The van der Waals surface area contributed by atoms with Gasteiger partial charge in [0.15, 0.2) is 0 Å². The van der Waals surface area contributed by atoms with Crippen molar-refractivity contribution in [3.05, 3.63) is 77.7 Å². The maximum Gasteiger partial charge on any atom is 0.431 e. The molecule has 1 aliphatic heterocycles. The average molecular weight is 489 g/mol. The number of hydrogen-bond donors (Lipinski definition) is 1. The van der Waals surface area contributed by atoms with Gasteiger partial charge in [0.1, 0.15) is 0 Å². The number of hydrazone groups is 1. The largest absolute Gasteiger partial charge is 0.472 e. The predicted octanol–water partition coefficient (Wildman–Crippen LogP) is 6.76. The molecule has 0 radical (unpaired) electrons. The van der Waals surface area contributed by atoms with E-state index in [1.165, 1.54) is 30.7 Å². The minimum Gasteiger partial charge on any atom is -0.472 e. The Labute approximate surface area is 188 Å². The molecule has 0 saturated heterocycles. The molecule has 1 aromatic heterocycles. The molecule has 0 fully saturated rings. The molecule has 0 amide bonds. The van der Waals surface area contributed by atoms with Crippen LogP contribution in [0.1, 0.15) is 18.0 Å². The summed E-state index contributed by atoms with van der Waals surface area (Å²) in [6.45, 7) is 0. The summed E-state index contributed by atoms with van der Waals surface area (Å²) in [5, 5.41) is 14.6. The summed E-state index contributed by atoms with van der Waals surface area (Å²) >= 11 is 6.16. The number of halogens is 7. The first-order chi connectivity index (χ1) is 15.4. The van der Waals surface area contributed by atoms with E-state index in [9.17, 15) is 31.4 Å². The SMILES string of the molecule is OC(C1=NN(c2ccccc2Cl)C(c2ccc(-c3ccoc3)cc2)C1)(C(F)(F)F)C(F)(F)F. The van der Waals surface area contributed by atoms with E-state index < -0.39 is 36.1 Å². The lowest BCUT2D eigenvalue weighted by Crippen LogP contribution is -2.62. The topological polar surface area (TPSA) is 49.0 Å². The lowest BCUT2D eigenvalue weighted by atomic mass is 9.89. The van der Waals surface area contributed by atoms with Crippen molar-refractivity contribution in [2.24, 2.45) is 5.10 Å². The first-order valence-electron chi connectivity index (χ1n) is 9.53. The zero-order valence-corrected chi connectivity index (χ0v) is 17.3. The number of furan rings is 1. The Hall–Kier alpha value is -2.98. The van der Waals surface area contributed by atoms with Gasteiger partial charge >= 0.3 is 12.4 Å². The number of alkyl halides is 6. The van der Waals surface area contributed by atoms with Crippen molar-refractivity contribution in [1.29, 1.82) is 0 Å². The maximum atomic E-state index is 13.5. The van der Waals surface area contributed by atoms with Gasteiger partial charge in [-0.3, -0.25) is 5.01 Å². The molecule has 4 rings (SSSR count). The van der Waals surface area contributed by atoms with Gasteiger partial charge in [0.05, 0.1) is 35.0 Å². The zero-order valence-electron chi connectivity index (χ0n) is 16.5. The van der Waals surface area contributed by atoms with Gasteiger partial charge in [-0.2, -0.15) is 31.4 Å². The van der Waals surface area contributed by atoms with Crippen molar-refractivity contribution in [3.8, 4) is 11.1 Å². The highest BCUT2D eigenvalue weighted by atomic mass is 35.5. The number of benzene rings is 2. The van der Waals surface area contributed by atoms with Crippen molar-refractivity contribution in [2.75, 3.05) is 5.01 Å². The number of anilines is 1. The highest BCUT2D eigenvalue weighted by Crippen LogP contribution is 2.49. The van der Waals surface area contributed by atoms with Gasteiger partial charge in [-0.25, -0.2) is 0 Å². The van der Waals surface area contributed by atoms with Crippen LogP contribution in [0.3, 0.4) is 0 Å². The lowest BCUT2D eigenvalue weighted by Gasteiger charge is -2.32. The van der Waals surface area contributed by atoms with Crippen molar-refractivity contribution in [3.63, 3.8) is 0 Å². The Morgan fingerprint density at radius 2 is 1.55 bits per heavy atom. The second kappa shape index (κ2) is 8.11. The third-order valence-corrected chi connectivity index (χ3v) is 5.72. The van der Waals surface area contributed by atoms with Crippen molar-refractivity contribution in [2.45, 2.75) is 30.4 Å². The molecule has 3 aromatic rings. The second-order valence-electron chi connectivity index (χ2n) is 7.40. The van der Waals surface area contributed by atoms with Gasteiger partial charge in [-0.05, 0) is 29.3 Å². The van der Waals surface area contributed by atoms with E-state index >= 15 is 0 Å². The molecular weight excluding hydrogens is 474 g/mol.